The van der Waals surface area contributed by atoms with E-state index in [-0.39, 0.29) is 24.9 Å². The van der Waals surface area contributed by atoms with Crippen molar-refractivity contribution < 1.29 is 9.59 Å². The summed E-state index contributed by atoms with van der Waals surface area (Å²) < 4.78 is 0. The van der Waals surface area contributed by atoms with Crippen LogP contribution in [0.15, 0.2) is 18.2 Å². The molecule has 1 N–H and O–H groups in total. The molecule has 0 radical (unpaired) electrons. The molecule has 1 aromatic rings. The number of benzene rings is 1. The molecule has 7 heteroatoms. The summed E-state index contributed by atoms with van der Waals surface area (Å²) in [5, 5.41) is 3.47. The number of carbonyl (C=O) groups is 2. The first kappa shape index (κ1) is 18.0. The fourth-order valence-electron chi connectivity index (χ4n) is 2.57. The zero-order valence-electron chi connectivity index (χ0n) is 13.1. The number of nitrogens with one attached hydrogen (secondary N) is 1. The summed E-state index contributed by atoms with van der Waals surface area (Å²) in [6, 6.07) is 5.03. The summed E-state index contributed by atoms with van der Waals surface area (Å²) in [4.78, 5) is 27.8. The molecular formula is C16H21Cl2N3O2. The molecule has 23 heavy (non-hydrogen) atoms. The molecule has 0 unspecified atom stereocenters. The maximum Gasteiger partial charge on any atom is 0.238 e. The standard InChI is InChI=1S/C16H21Cl2N3O2/c1-20(11-15(23)21-8-3-2-4-9-21)10-14(22)19-16-12(17)6-5-7-13(16)18/h5-7H,2-4,8-11H2,1H3,(H,19,22). The molecule has 126 valence electrons. The van der Waals surface area contributed by atoms with Crippen LogP contribution in [-0.2, 0) is 9.59 Å². The normalized spacial score (nSPS) is 14.9. The third kappa shape index (κ3) is 5.37. The number of carbonyl (C=O) groups excluding carboxylic acids is 2. The lowest BCUT2D eigenvalue weighted by Gasteiger charge is -2.28. The molecule has 1 heterocycles. The maximum atomic E-state index is 12.2. The second-order valence-corrected chi connectivity index (χ2v) is 6.57. The van der Waals surface area contributed by atoms with Gasteiger partial charge in [-0.05, 0) is 38.4 Å². The van der Waals surface area contributed by atoms with Gasteiger partial charge in [0.15, 0.2) is 0 Å². The molecule has 0 atom stereocenters. The molecule has 0 spiro atoms. The van der Waals surface area contributed by atoms with Gasteiger partial charge in [-0.15, -0.1) is 0 Å². The average Bonchev–Trinajstić information content (AvgIpc) is 2.51. The van der Waals surface area contributed by atoms with Gasteiger partial charge in [-0.3, -0.25) is 14.5 Å². The topological polar surface area (TPSA) is 52.7 Å². The van der Waals surface area contributed by atoms with Gasteiger partial charge in [0.2, 0.25) is 11.8 Å². The number of amides is 2. The Morgan fingerprint density at radius 2 is 1.74 bits per heavy atom. The monoisotopic (exact) mass is 357 g/mol. The van der Waals surface area contributed by atoms with Crippen LogP contribution >= 0.6 is 23.2 Å². The lowest BCUT2D eigenvalue weighted by molar-refractivity contribution is -0.133. The molecule has 1 fully saturated rings. The van der Waals surface area contributed by atoms with Crippen LogP contribution in [0.2, 0.25) is 10.0 Å². The second-order valence-electron chi connectivity index (χ2n) is 5.76. The molecule has 1 aliphatic rings. The fourth-order valence-corrected chi connectivity index (χ4v) is 3.06. The molecule has 1 aliphatic heterocycles. The van der Waals surface area contributed by atoms with E-state index in [9.17, 15) is 9.59 Å². The van der Waals surface area contributed by atoms with Crippen LogP contribution < -0.4 is 5.32 Å². The fraction of sp³-hybridized carbons (Fsp3) is 0.500. The average molecular weight is 358 g/mol. The van der Waals surface area contributed by atoms with E-state index in [0.717, 1.165) is 25.9 Å². The minimum atomic E-state index is -0.256. The maximum absolute atomic E-state index is 12.2. The first-order valence-electron chi connectivity index (χ1n) is 7.67. The quantitative estimate of drug-likeness (QED) is 0.881. The number of likely N-dealkylation sites (tertiary alicyclic amines) is 1. The molecule has 0 aliphatic carbocycles. The van der Waals surface area contributed by atoms with Gasteiger partial charge in [0, 0.05) is 13.1 Å². The van der Waals surface area contributed by atoms with E-state index in [1.54, 1.807) is 30.1 Å². The first-order valence-corrected chi connectivity index (χ1v) is 8.43. The van der Waals surface area contributed by atoms with E-state index in [2.05, 4.69) is 5.32 Å². The van der Waals surface area contributed by atoms with Crippen LogP contribution in [0.4, 0.5) is 5.69 Å². The smallest absolute Gasteiger partial charge is 0.238 e. The van der Waals surface area contributed by atoms with Crippen LogP contribution in [0, 0.1) is 0 Å². The highest BCUT2D eigenvalue weighted by Gasteiger charge is 2.19. The van der Waals surface area contributed by atoms with Crippen LogP contribution in [0.25, 0.3) is 0 Å². The van der Waals surface area contributed by atoms with Crippen molar-refractivity contribution in [3.05, 3.63) is 28.2 Å². The number of anilines is 1. The number of nitrogens with zero attached hydrogens (tertiary/aromatic N) is 2. The Morgan fingerprint density at radius 3 is 2.35 bits per heavy atom. The summed E-state index contributed by atoms with van der Waals surface area (Å²) in [5.41, 5.74) is 0.400. The SMILES string of the molecule is CN(CC(=O)Nc1c(Cl)cccc1Cl)CC(=O)N1CCCCC1. The molecular weight excluding hydrogens is 337 g/mol. The Labute approximate surface area is 146 Å². The lowest BCUT2D eigenvalue weighted by Crippen LogP contribution is -2.43. The predicted octanol–water partition coefficient (Wildman–Crippen LogP) is 2.88. The number of halogens is 2. The molecule has 0 saturated carbocycles. The second kappa shape index (κ2) is 8.52. The minimum Gasteiger partial charge on any atom is -0.342 e. The number of rotatable bonds is 5. The van der Waals surface area contributed by atoms with E-state index in [1.807, 2.05) is 4.90 Å². The largest absolute Gasteiger partial charge is 0.342 e. The highest BCUT2D eigenvalue weighted by molar-refractivity contribution is 6.39. The van der Waals surface area contributed by atoms with Gasteiger partial charge in [-0.25, -0.2) is 0 Å². The highest BCUT2D eigenvalue weighted by atomic mass is 35.5. The highest BCUT2D eigenvalue weighted by Crippen LogP contribution is 2.29. The molecule has 2 rings (SSSR count). The summed E-state index contributed by atoms with van der Waals surface area (Å²) in [6.07, 6.45) is 3.29. The Balaban J connectivity index is 1.83. The van der Waals surface area contributed by atoms with Gasteiger partial charge in [0.1, 0.15) is 0 Å². The van der Waals surface area contributed by atoms with Crippen molar-refractivity contribution in [2.75, 3.05) is 38.5 Å². The lowest BCUT2D eigenvalue weighted by atomic mass is 10.1. The van der Waals surface area contributed by atoms with Gasteiger partial charge >= 0.3 is 0 Å². The minimum absolute atomic E-state index is 0.0655. The molecule has 0 bridgehead atoms. The van der Waals surface area contributed by atoms with Crippen molar-refractivity contribution in [1.82, 2.24) is 9.80 Å². The third-order valence-corrected chi connectivity index (χ3v) is 4.38. The summed E-state index contributed by atoms with van der Waals surface area (Å²) in [6.45, 7) is 1.95. The third-order valence-electron chi connectivity index (χ3n) is 3.75. The Kier molecular flexibility index (Phi) is 6.69. The van der Waals surface area contributed by atoms with Crippen molar-refractivity contribution in [3.8, 4) is 0 Å². The number of para-hydroxylation sites is 1. The summed E-state index contributed by atoms with van der Waals surface area (Å²) in [7, 11) is 1.75. The van der Waals surface area contributed by atoms with Gasteiger partial charge in [0.25, 0.3) is 0 Å². The Hall–Kier alpha value is -1.30. The van der Waals surface area contributed by atoms with Gasteiger partial charge in [-0.2, -0.15) is 0 Å². The Morgan fingerprint density at radius 1 is 1.13 bits per heavy atom. The van der Waals surface area contributed by atoms with E-state index >= 15 is 0 Å². The van der Waals surface area contributed by atoms with E-state index in [0.29, 0.717) is 15.7 Å². The van der Waals surface area contributed by atoms with Crippen LogP contribution in [0.5, 0.6) is 0 Å². The molecule has 2 amide bonds. The van der Waals surface area contributed by atoms with Crippen molar-refractivity contribution in [1.29, 1.82) is 0 Å². The van der Waals surface area contributed by atoms with Gasteiger partial charge in [0.05, 0.1) is 28.8 Å². The number of hydrogen-bond acceptors (Lipinski definition) is 3. The number of hydrogen-bond donors (Lipinski definition) is 1. The van der Waals surface area contributed by atoms with Gasteiger partial charge in [-0.1, -0.05) is 29.3 Å². The number of piperidine rings is 1. The first-order chi connectivity index (χ1) is 11.0. The number of likely N-dealkylation sites (N-methyl/N-ethyl adjacent to an activating group) is 1. The van der Waals surface area contributed by atoms with Crippen molar-refractivity contribution in [2.45, 2.75) is 19.3 Å². The van der Waals surface area contributed by atoms with Crippen LogP contribution in [-0.4, -0.2) is 54.8 Å². The van der Waals surface area contributed by atoms with Gasteiger partial charge < -0.3 is 10.2 Å². The van der Waals surface area contributed by atoms with E-state index in [4.69, 9.17) is 23.2 Å². The van der Waals surface area contributed by atoms with Crippen LogP contribution in [0.3, 0.4) is 0 Å². The van der Waals surface area contributed by atoms with Crippen molar-refractivity contribution in [2.24, 2.45) is 0 Å². The molecule has 0 aromatic heterocycles. The molecule has 1 aromatic carbocycles. The van der Waals surface area contributed by atoms with Crippen molar-refractivity contribution >= 4 is 40.7 Å². The van der Waals surface area contributed by atoms with E-state index < -0.39 is 0 Å². The zero-order valence-corrected chi connectivity index (χ0v) is 14.7. The zero-order chi connectivity index (χ0) is 16.8. The Bertz CT molecular complexity index is 554. The van der Waals surface area contributed by atoms with Crippen molar-refractivity contribution in [3.63, 3.8) is 0 Å². The molecule has 5 nitrogen and oxygen atoms in total. The van der Waals surface area contributed by atoms with E-state index in [1.165, 1.54) is 6.42 Å². The summed E-state index contributed by atoms with van der Waals surface area (Å²) >= 11 is 12.0. The predicted molar refractivity (Wildman–Crippen MR) is 93.0 cm³/mol. The summed E-state index contributed by atoms with van der Waals surface area (Å²) in [5.74, 6) is -0.190. The molecule has 1 saturated heterocycles. The van der Waals surface area contributed by atoms with Crippen LogP contribution in [0.1, 0.15) is 19.3 Å².